The molecule has 0 aliphatic carbocycles. The lowest BCUT2D eigenvalue weighted by atomic mass is 9.93. The lowest BCUT2D eigenvalue weighted by molar-refractivity contribution is 0.0730. The zero-order chi connectivity index (χ0) is 24.9. The Labute approximate surface area is 214 Å². The van der Waals surface area contributed by atoms with Gasteiger partial charge in [0, 0.05) is 34.0 Å². The van der Waals surface area contributed by atoms with E-state index < -0.39 is 6.10 Å². The molecule has 7 nitrogen and oxygen atoms in total. The van der Waals surface area contributed by atoms with E-state index in [1.54, 1.807) is 0 Å². The van der Waals surface area contributed by atoms with Gasteiger partial charge in [0.1, 0.15) is 5.75 Å². The van der Waals surface area contributed by atoms with Gasteiger partial charge in [-0.25, -0.2) is 4.79 Å². The fourth-order valence-electron chi connectivity index (χ4n) is 4.44. The van der Waals surface area contributed by atoms with Crippen LogP contribution < -0.4 is 4.74 Å². The number of amides is 1. The Hall–Kier alpha value is -2.55. The summed E-state index contributed by atoms with van der Waals surface area (Å²) in [6.07, 6.45) is 0.726. The van der Waals surface area contributed by atoms with E-state index in [-0.39, 0.29) is 24.7 Å². The number of fused-ring (bicyclic) bond motifs is 3. The second-order valence-electron chi connectivity index (χ2n) is 9.46. The molecule has 188 valence electrons. The minimum Gasteiger partial charge on any atom is -0.493 e. The second-order valence-corrected chi connectivity index (χ2v) is 10.4. The lowest BCUT2D eigenvalue weighted by Gasteiger charge is -2.35. The van der Waals surface area contributed by atoms with Gasteiger partial charge in [0.25, 0.3) is 0 Å². The molecule has 3 N–H and O–H groups in total. The van der Waals surface area contributed by atoms with Crippen LogP contribution in [0.15, 0.2) is 46.9 Å². The summed E-state index contributed by atoms with van der Waals surface area (Å²) in [5.74, 6) is 0.973. The molecule has 2 aromatic carbocycles. The van der Waals surface area contributed by atoms with Crippen LogP contribution in [0.1, 0.15) is 43.1 Å². The highest BCUT2D eigenvalue weighted by Crippen LogP contribution is 2.38. The molecule has 0 unspecified atom stereocenters. The zero-order valence-electron chi connectivity index (χ0n) is 20.2. The first-order chi connectivity index (χ1) is 16.9. The van der Waals surface area contributed by atoms with Gasteiger partial charge in [0.15, 0.2) is 0 Å². The molecule has 35 heavy (non-hydrogen) atoms. The number of carbonyl (C=O) groups excluding carboxylic acids is 1. The van der Waals surface area contributed by atoms with Crippen LogP contribution in [0.4, 0.5) is 4.79 Å². The van der Waals surface area contributed by atoms with Crippen LogP contribution in [0.3, 0.4) is 0 Å². The smallest absolute Gasteiger partial charge is 0.410 e. The third-order valence-electron chi connectivity index (χ3n) is 6.27. The Kier molecular flexibility index (Phi) is 8.36. The number of aliphatic hydroxyl groups is 2. The monoisotopic (exact) mass is 544 g/mol. The number of carbonyl (C=O) groups is 1. The molecule has 0 saturated carbocycles. The Balaban J connectivity index is 1.56. The number of benzene rings is 2. The molecule has 4 rings (SSSR count). The summed E-state index contributed by atoms with van der Waals surface area (Å²) in [6.45, 7) is 5.11. The summed E-state index contributed by atoms with van der Waals surface area (Å²) >= 11 is 3.58. The minimum atomic E-state index is -0.770. The van der Waals surface area contributed by atoms with Gasteiger partial charge in [-0.3, -0.25) is 4.90 Å². The van der Waals surface area contributed by atoms with Gasteiger partial charge in [0.2, 0.25) is 0 Å². The summed E-state index contributed by atoms with van der Waals surface area (Å²) in [7, 11) is 0. The average Bonchev–Trinajstić information content (AvgIpc) is 3.22. The summed E-state index contributed by atoms with van der Waals surface area (Å²) < 4.78 is 12.3. The average molecular weight is 545 g/mol. The first-order valence-corrected chi connectivity index (χ1v) is 12.9. The maximum absolute atomic E-state index is 13.1. The highest BCUT2D eigenvalue weighted by molar-refractivity contribution is 9.10. The Morgan fingerprint density at radius 1 is 1.23 bits per heavy atom. The molecule has 2 heterocycles. The normalized spacial score (nSPS) is 16.4. The van der Waals surface area contributed by atoms with Crippen LogP contribution in [-0.2, 0) is 17.6 Å². The summed E-state index contributed by atoms with van der Waals surface area (Å²) in [6, 6.07) is 13.8. The maximum Gasteiger partial charge on any atom is 0.410 e. The highest BCUT2D eigenvalue weighted by Gasteiger charge is 2.34. The third kappa shape index (κ3) is 6.18. The van der Waals surface area contributed by atoms with Crippen molar-refractivity contribution in [2.24, 2.45) is 5.92 Å². The van der Waals surface area contributed by atoms with Crippen molar-refractivity contribution < 1.29 is 24.5 Å². The van der Waals surface area contributed by atoms with E-state index in [4.69, 9.17) is 14.6 Å². The molecular formula is C27H33BrN2O5. The summed E-state index contributed by atoms with van der Waals surface area (Å²) in [4.78, 5) is 18.5. The van der Waals surface area contributed by atoms with Crippen LogP contribution in [0.25, 0.3) is 10.9 Å². The molecule has 1 aromatic heterocycles. The third-order valence-corrected chi connectivity index (χ3v) is 6.76. The van der Waals surface area contributed by atoms with E-state index in [1.165, 1.54) is 10.9 Å². The van der Waals surface area contributed by atoms with E-state index in [9.17, 15) is 9.90 Å². The van der Waals surface area contributed by atoms with E-state index in [2.05, 4.69) is 33.0 Å². The van der Waals surface area contributed by atoms with Gasteiger partial charge in [-0.2, -0.15) is 0 Å². The minimum absolute atomic E-state index is 0.170. The van der Waals surface area contributed by atoms with Gasteiger partial charge in [0.05, 0.1) is 32.0 Å². The molecule has 0 saturated heterocycles. The Bertz CT molecular complexity index is 1140. The number of nitrogens with one attached hydrogen (secondary N) is 1. The van der Waals surface area contributed by atoms with Crippen molar-refractivity contribution in [1.82, 2.24) is 9.88 Å². The summed E-state index contributed by atoms with van der Waals surface area (Å²) in [5, 5.41) is 19.6. The first kappa shape index (κ1) is 25.5. The van der Waals surface area contributed by atoms with Crippen molar-refractivity contribution in [3.05, 3.63) is 63.8 Å². The van der Waals surface area contributed by atoms with E-state index >= 15 is 0 Å². The predicted octanol–water partition coefficient (Wildman–Crippen LogP) is 4.99. The van der Waals surface area contributed by atoms with Crippen molar-refractivity contribution in [1.29, 1.82) is 0 Å². The number of H-pyrrole nitrogens is 1. The summed E-state index contributed by atoms with van der Waals surface area (Å²) in [5.41, 5.74) is 4.45. The number of aliphatic hydroxyl groups excluding tert-OH is 2. The highest BCUT2D eigenvalue weighted by atomic mass is 79.9. The van der Waals surface area contributed by atoms with Crippen molar-refractivity contribution in [3.63, 3.8) is 0 Å². The Morgan fingerprint density at radius 3 is 2.71 bits per heavy atom. The fourth-order valence-corrected chi connectivity index (χ4v) is 4.80. The molecule has 0 fully saturated rings. The van der Waals surface area contributed by atoms with E-state index in [0.717, 1.165) is 27.7 Å². The van der Waals surface area contributed by atoms with Crippen LogP contribution in [0.2, 0.25) is 0 Å². The number of nitrogens with zero attached hydrogens (tertiary/aromatic N) is 1. The van der Waals surface area contributed by atoms with Crippen molar-refractivity contribution in [2.45, 2.75) is 45.3 Å². The number of rotatable bonds is 9. The van der Waals surface area contributed by atoms with E-state index in [0.29, 0.717) is 38.3 Å². The predicted molar refractivity (Wildman–Crippen MR) is 139 cm³/mol. The lowest BCUT2D eigenvalue weighted by Crippen LogP contribution is -2.41. The quantitative estimate of drug-likeness (QED) is 0.352. The molecular weight excluding hydrogens is 512 g/mol. The number of hydrogen-bond donors (Lipinski definition) is 3. The first-order valence-electron chi connectivity index (χ1n) is 12.1. The fraction of sp³-hybridized carbons (Fsp3) is 0.444. The van der Waals surface area contributed by atoms with Crippen LogP contribution in [0, 0.1) is 5.92 Å². The van der Waals surface area contributed by atoms with Crippen molar-refractivity contribution in [3.8, 4) is 5.75 Å². The van der Waals surface area contributed by atoms with Gasteiger partial charge in [-0.05, 0) is 60.2 Å². The topological polar surface area (TPSA) is 95.0 Å². The zero-order valence-corrected chi connectivity index (χ0v) is 21.8. The maximum atomic E-state index is 13.1. The van der Waals surface area contributed by atoms with Gasteiger partial charge < -0.3 is 24.7 Å². The standard InChI is InChI=1S/C27H33BrN2O5/c1-17(2)16-35-27(33)30-11-9-22-23-14-19(28)5-8-24(23)29-26(22)25(30)13-18-3-6-21(7-4-18)34-12-10-20(32)15-31/h3-8,14,17,20,25,29,31-32H,9-13,15-16H2,1-2H3/t20-,25-/m0/s1. The van der Waals surface area contributed by atoms with Gasteiger partial charge in [-0.15, -0.1) is 0 Å². The Morgan fingerprint density at radius 2 is 2.00 bits per heavy atom. The number of halogens is 1. The SMILES string of the molecule is CC(C)COC(=O)N1CCc2c([nH]c3ccc(Br)cc23)[C@@H]1Cc1ccc(OCC[C@H](O)CO)cc1. The molecule has 1 aliphatic heterocycles. The number of hydrogen-bond acceptors (Lipinski definition) is 5. The second kappa shape index (κ2) is 11.5. The molecule has 0 spiro atoms. The molecule has 2 atom stereocenters. The van der Waals surface area contributed by atoms with Gasteiger partial charge in [-0.1, -0.05) is 41.9 Å². The molecule has 1 amide bonds. The van der Waals surface area contributed by atoms with E-state index in [1.807, 2.05) is 49.1 Å². The molecule has 0 radical (unpaired) electrons. The molecule has 3 aromatic rings. The van der Waals surface area contributed by atoms with Gasteiger partial charge >= 0.3 is 6.09 Å². The van der Waals surface area contributed by atoms with Crippen molar-refractivity contribution >= 4 is 32.9 Å². The molecule has 0 bridgehead atoms. The van der Waals surface area contributed by atoms with Crippen LogP contribution >= 0.6 is 15.9 Å². The molecule has 8 heteroatoms. The van der Waals surface area contributed by atoms with Crippen LogP contribution in [-0.4, -0.2) is 58.7 Å². The number of ether oxygens (including phenoxy) is 2. The largest absolute Gasteiger partial charge is 0.493 e. The molecule has 1 aliphatic rings. The van der Waals surface area contributed by atoms with Crippen molar-refractivity contribution in [2.75, 3.05) is 26.4 Å². The van der Waals surface area contributed by atoms with Crippen LogP contribution in [0.5, 0.6) is 5.75 Å². The number of aromatic nitrogens is 1. The number of aromatic amines is 1.